The molecule has 98 valence electrons. The predicted octanol–water partition coefficient (Wildman–Crippen LogP) is 2.59. The fourth-order valence-corrected chi connectivity index (χ4v) is 2.49. The van der Waals surface area contributed by atoms with Crippen LogP contribution in [0.2, 0.25) is 0 Å². The molecule has 3 aromatic heterocycles. The van der Waals surface area contributed by atoms with Crippen molar-refractivity contribution in [2.45, 2.75) is 0 Å². The molecule has 0 aliphatic rings. The van der Waals surface area contributed by atoms with Gasteiger partial charge in [0.15, 0.2) is 11.2 Å². The van der Waals surface area contributed by atoms with Crippen LogP contribution in [0.15, 0.2) is 50.3 Å². The van der Waals surface area contributed by atoms with Crippen LogP contribution in [-0.4, -0.2) is 19.6 Å². The van der Waals surface area contributed by atoms with Crippen LogP contribution in [0.3, 0.4) is 0 Å². The lowest BCUT2D eigenvalue weighted by atomic mass is 10.1. The van der Waals surface area contributed by atoms with E-state index in [4.69, 9.17) is 4.42 Å². The molecule has 0 bridgehead atoms. The van der Waals surface area contributed by atoms with Crippen molar-refractivity contribution in [2.75, 3.05) is 0 Å². The molecule has 0 atom stereocenters. The highest BCUT2D eigenvalue weighted by molar-refractivity contribution is 9.10. The van der Waals surface area contributed by atoms with E-state index in [9.17, 15) is 4.79 Å². The maximum absolute atomic E-state index is 11.2. The van der Waals surface area contributed by atoms with Gasteiger partial charge in [0, 0.05) is 5.56 Å². The second-order valence-electron chi connectivity index (χ2n) is 4.31. The lowest BCUT2D eigenvalue weighted by molar-refractivity contribution is 0.555. The van der Waals surface area contributed by atoms with Crippen LogP contribution < -0.4 is 5.76 Å². The maximum atomic E-state index is 11.2. The minimum atomic E-state index is -0.459. The lowest BCUT2D eigenvalue weighted by Crippen LogP contribution is -1.93. The highest BCUT2D eigenvalue weighted by Gasteiger charge is 2.07. The van der Waals surface area contributed by atoms with E-state index in [1.807, 2.05) is 18.2 Å². The van der Waals surface area contributed by atoms with E-state index in [2.05, 4.69) is 31.0 Å². The summed E-state index contributed by atoms with van der Waals surface area (Å²) in [5, 5.41) is 4.47. The minimum absolute atomic E-state index is 0.459. The number of benzene rings is 1. The standard InChI is InChI=1S/C13H7BrN4O2/c14-11-6-18-12(16-11)4-3-8(17-18)7-1-2-9-10(5-7)20-13(19)15-9/h1-6H,(H,15,19). The molecule has 0 aliphatic heterocycles. The quantitative estimate of drug-likeness (QED) is 0.582. The second kappa shape index (κ2) is 4.04. The van der Waals surface area contributed by atoms with E-state index in [-0.39, 0.29) is 0 Å². The summed E-state index contributed by atoms with van der Waals surface area (Å²) in [4.78, 5) is 18.0. The van der Waals surface area contributed by atoms with Crippen molar-refractivity contribution in [3.63, 3.8) is 0 Å². The molecule has 4 aromatic rings. The van der Waals surface area contributed by atoms with E-state index < -0.39 is 5.76 Å². The zero-order chi connectivity index (χ0) is 13.7. The van der Waals surface area contributed by atoms with Crippen molar-refractivity contribution < 1.29 is 4.42 Å². The van der Waals surface area contributed by atoms with Gasteiger partial charge in [0.25, 0.3) is 0 Å². The van der Waals surface area contributed by atoms with Gasteiger partial charge in [0.05, 0.1) is 17.4 Å². The molecule has 7 heteroatoms. The van der Waals surface area contributed by atoms with Crippen molar-refractivity contribution in [2.24, 2.45) is 0 Å². The van der Waals surface area contributed by atoms with E-state index in [0.717, 1.165) is 21.5 Å². The number of hydrogen-bond donors (Lipinski definition) is 1. The third kappa shape index (κ3) is 1.75. The summed E-state index contributed by atoms with van der Waals surface area (Å²) in [6, 6.07) is 9.22. The van der Waals surface area contributed by atoms with Gasteiger partial charge in [-0.15, -0.1) is 0 Å². The molecule has 1 aromatic carbocycles. The number of halogens is 1. The molecular weight excluding hydrogens is 324 g/mol. The van der Waals surface area contributed by atoms with E-state index >= 15 is 0 Å². The topological polar surface area (TPSA) is 76.2 Å². The van der Waals surface area contributed by atoms with Crippen LogP contribution >= 0.6 is 15.9 Å². The molecule has 0 saturated heterocycles. The fourth-order valence-electron chi connectivity index (χ4n) is 2.11. The first-order chi connectivity index (χ1) is 9.69. The molecule has 0 fully saturated rings. The Labute approximate surface area is 120 Å². The first-order valence-electron chi connectivity index (χ1n) is 5.84. The number of nitrogens with one attached hydrogen (secondary N) is 1. The molecule has 0 unspecified atom stereocenters. The Morgan fingerprint density at radius 3 is 3.05 bits per heavy atom. The summed E-state index contributed by atoms with van der Waals surface area (Å²) >= 11 is 3.31. The molecule has 6 nitrogen and oxygen atoms in total. The van der Waals surface area contributed by atoms with Gasteiger partial charge in [-0.25, -0.2) is 14.3 Å². The smallest absolute Gasteiger partial charge is 0.408 e. The normalized spacial score (nSPS) is 11.4. The van der Waals surface area contributed by atoms with Gasteiger partial charge in [0.1, 0.15) is 4.60 Å². The maximum Gasteiger partial charge on any atom is 0.417 e. The number of aromatic amines is 1. The Kier molecular flexibility index (Phi) is 2.31. The summed E-state index contributed by atoms with van der Waals surface area (Å²) in [7, 11) is 0. The molecule has 0 spiro atoms. The molecule has 3 heterocycles. The van der Waals surface area contributed by atoms with E-state index in [1.54, 1.807) is 22.8 Å². The molecule has 4 rings (SSSR count). The third-order valence-electron chi connectivity index (χ3n) is 3.01. The Hall–Kier alpha value is -2.41. The first kappa shape index (κ1) is 11.4. The Bertz CT molecular complexity index is 998. The van der Waals surface area contributed by atoms with Gasteiger partial charge < -0.3 is 4.42 Å². The lowest BCUT2D eigenvalue weighted by Gasteiger charge is -2.01. The van der Waals surface area contributed by atoms with Gasteiger partial charge in [-0.1, -0.05) is 6.07 Å². The largest absolute Gasteiger partial charge is 0.417 e. The van der Waals surface area contributed by atoms with Crippen LogP contribution in [0.1, 0.15) is 0 Å². The number of hydrogen-bond acceptors (Lipinski definition) is 4. The van der Waals surface area contributed by atoms with Crippen LogP contribution in [0.25, 0.3) is 28.0 Å². The van der Waals surface area contributed by atoms with Crippen LogP contribution in [0.4, 0.5) is 0 Å². The van der Waals surface area contributed by atoms with Gasteiger partial charge in [-0.3, -0.25) is 4.98 Å². The van der Waals surface area contributed by atoms with Crippen molar-refractivity contribution in [1.29, 1.82) is 0 Å². The molecule has 20 heavy (non-hydrogen) atoms. The van der Waals surface area contributed by atoms with Crippen LogP contribution in [-0.2, 0) is 0 Å². The van der Waals surface area contributed by atoms with Crippen LogP contribution in [0.5, 0.6) is 0 Å². The van der Waals surface area contributed by atoms with Crippen LogP contribution in [0, 0.1) is 0 Å². The Balaban J connectivity index is 1.92. The minimum Gasteiger partial charge on any atom is -0.408 e. The average Bonchev–Trinajstić information content (AvgIpc) is 2.97. The summed E-state index contributed by atoms with van der Waals surface area (Å²) in [5.41, 5.74) is 3.58. The molecule has 0 saturated carbocycles. The third-order valence-corrected chi connectivity index (χ3v) is 3.39. The number of nitrogens with zero attached hydrogens (tertiary/aromatic N) is 3. The number of H-pyrrole nitrogens is 1. The zero-order valence-electron chi connectivity index (χ0n) is 10.0. The molecule has 0 amide bonds. The Morgan fingerprint density at radius 1 is 1.25 bits per heavy atom. The van der Waals surface area contributed by atoms with Gasteiger partial charge in [-0.2, -0.15) is 5.10 Å². The molecule has 0 radical (unpaired) electrons. The van der Waals surface area contributed by atoms with Gasteiger partial charge in [-0.05, 0) is 40.2 Å². The van der Waals surface area contributed by atoms with Gasteiger partial charge >= 0.3 is 5.76 Å². The number of oxazole rings is 1. The highest BCUT2D eigenvalue weighted by Crippen LogP contribution is 2.22. The summed E-state index contributed by atoms with van der Waals surface area (Å²) in [6.07, 6.45) is 1.79. The van der Waals surface area contributed by atoms with Crippen molar-refractivity contribution in [3.05, 3.63) is 51.7 Å². The summed E-state index contributed by atoms with van der Waals surface area (Å²) in [6.45, 7) is 0. The molecule has 0 aliphatic carbocycles. The predicted molar refractivity (Wildman–Crippen MR) is 76.5 cm³/mol. The summed E-state index contributed by atoms with van der Waals surface area (Å²) < 4.78 is 7.48. The highest BCUT2D eigenvalue weighted by atomic mass is 79.9. The van der Waals surface area contributed by atoms with E-state index in [1.165, 1.54) is 0 Å². The fraction of sp³-hybridized carbons (Fsp3) is 0. The first-order valence-corrected chi connectivity index (χ1v) is 6.63. The number of aromatic nitrogens is 4. The van der Waals surface area contributed by atoms with Crippen molar-refractivity contribution in [3.8, 4) is 11.3 Å². The van der Waals surface area contributed by atoms with Gasteiger partial charge in [0.2, 0.25) is 0 Å². The monoisotopic (exact) mass is 330 g/mol. The number of rotatable bonds is 1. The Morgan fingerprint density at radius 2 is 2.15 bits per heavy atom. The SMILES string of the molecule is O=c1[nH]c2ccc(-c3ccc4nc(Br)cn4n3)cc2o1. The average molecular weight is 331 g/mol. The van der Waals surface area contributed by atoms with E-state index in [0.29, 0.717) is 11.1 Å². The number of imidazole rings is 1. The second-order valence-corrected chi connectivity index (χ2v) is 5.12. The summed E-state index contributed by atoms with van der Waals surface area (Å²) in [5.74, 6) is -0.459. The number of fused-ring (bicyclic) bond motifs is 2. The molecule has 1 N–H and O–H groups in total. The molecular formula is C13H7BrN4O2. The zero-order valence-corrected chi connectivity index (χ0v) is 11.6. The van der Waals surface area contributed by atoms with Crippen molar-refractivity contribution >= 4 is 32.7 Å². The van der Waals surface area contributed by atoms with Crippen molar-refractivity contribution in [1.82, 2.24) is 19.6 Å².